The summed E-state index contributed by atoms with van der Waals surface area (Å²) in [6.45, 7) is 5.82. The number of carbonyl (C=O) groups is 2. The smallest absolute Gasteiger partial charge is 0.347 e. The number of carboxylic acids is 1. The van der Waals surface area contributed by atoms with Gasteiger partial charge in [0.2, 0.25) is 0 Å². The van der Waals surface area contributed by atoms with Crippen LogP contribution in [0.3, 0.4) is 0 Å². The van der Waals surface area contributed by atoms with E-state index in [2.05, 4.69) is 15.3 Å². The molecule has 0 spiro atoms. The van der Waals surface area contributed by atoms with Crippen molar-refractivity contribution in [2.75, 3.05) is 0 Å². The summed E-state index contributed by atoms with van der Waals surface area (Å²) in [7, 11) is 0. The van der Waals surface area contributed by atoms with Gasteiger partial charge in [0.05, 0.1) is 23.4 Å². The molecule has 0 bridgehead atoms. The van der Waals surface area contributed by atoms with Crippen LogP contribution >= 0.6 is 22.7 Å². The van der Waals surface area contributed by atoms with Gasteiger partial charge < -0.3 is 10.4 Å². The number of rotatable bonds is 5. The summed E-state index contributed by atoms with van der Waals surface area (Å²) in [6, 6.07) is 0. The fourth-order valence-corrected chi connectivity index (χ4v) is 3.50. The van der Waals surface area contributed by atoms with E-state index in [-0.39, 0.29) is 23.2 Å². The molecule has 8 heteroatoms. The van der Waals surface area contributed by atoms with Crippen molar-refractivity contribution < 1.29 is 14.7 Å². The molecule has 0 unspecified atom stereocenters. The van der Waals surface area contributed by atoms with Gasteiger partial charge in [0.25, 0.3) is 5.91 Å². The van der Waals surface area contributed by atoms with Gasteiger partial charge in [-0.05, 0) is 12.8 Å². The number of aromatic nitrogens is 2. The molecule has 0 atom stereocenters. The number of thiazole rings is 2. The van der Waals surface area contributed by atoms with Crippen molar-refractivity contribution >= 4 is 34.6 Å². The summed E-state index contributed by atoms with van der Waals surface area (Å²) in [6.07, 6.45) is 0. The van der Waals surface area contributed by atoms with Crippen molar-refractivity contribution in [3.63, 3.8) is 0 Å². The molecule has 0 saturated heterocycles. The van der Waals surface area contributed by atoms with Crippen LogP contribution in [-0.2, 0) is 6.54 Å². The Bertz CT molecular complexity index is 676. The molecule has 0 fully saturated rings. The van der Waals surface area contributed by atoms with E-state index in [4.69, 9.17) is 5.11 Å². The van der Waals surface area contributed by atoms with E-state index in [0.29, 0.717) is 15.6 Å². The average molecular weight is 325 g/mol. The molecule has 0 aliphatic carbocycles. The lowest BCUT2D eigenvalue weighted by Gasteiger charge is -2.05. The number of aromatic carboxylic acids is 1. The van der Waals surface area contributed by atoms with Gasteiger partial charge in [-0.1, -0.05) is 13.8 Å². The molecule has 0 saturated carbocycles. The fourth-order valence-electron chi connectivity index (χ4n) is 1.80. The molecule has 2 aromatic heterocycles. The zero-order chi connectivity index (χ0) is 15.6. The van der Waals surface area contributed by atoms with Crippen LogP contribution in [0.25, 0.3) is 0 Å². The monoisotopic (exact) mass is 325 g/mol. The van der Waals surface area contributed by atoms with E-state index in [1.165, 1.54) is 11.3 Å². The van der Waals surface area contributed by atoms with E-state index in [0.717, 1.165) is 17.0 Å². The molecule has 2 N–H and O–H groups in total. The normalized spacial score (nSPS) is 10.9. The van der Waals surface area contributed by atoms with E-state index >= 15 is 0 Å². The van der Waals surface area contributed by atoms with Gasteiger partial charge in [-0.2, -0.15) is 0 Å². The Morgan fingerprint density at radius 3 is 2.67 bits per heavy atom. The Balaban J connectivity index is 2.06. The van der Waals surface area contributed by atoms with Crippen molar-refractivity contribution in [1.82, 2.24) is 15.3 Å². The number of hydrogen-bond donors (Lipinski definition) is 2. The maximum absolute atomic E-state index is 12.1. The Labute approximate surface area is 129 Å². The van der Waals surface area contributed by atoms with E-state index in [9.17, 15) is 9.59 Å². The van der Waals surface area contributed by atoms with Crippen molar-refractivity contribution in [3.05, 3.63) is 31.7 Å². The van der Waals surface area contributed by atoms with Crippen LogP contribution in [0.5, 0.6) is 0 Å². The molecule has 0 aliphatic rings. The predicted molar refractivity (Wildman–Crippen MR) is 81.2 cm³/mol. The summed E-state index contributed by atoms with van der Waals surface area (Å²) < 4.78 is 0. The molecule has 0 aromatic carbocycles. The highest BCUT2D eigenvalue weighted by molar-refractivity contribution is 7.13. The number of nitrogens with one attached hydrogen (secondary N) is 1. The third-order valence-corrected chi connectivity index (χ3v) is 4.77. The van der Waals surface area contributed by atoms with Crippen molar-refractivity contribution in [1.29, 1.82) is 0 Å². The van der Waals surface area contributed by atoms with Gasteiger partial charge in [0, 0.05) is 0 Å². The van der Waals surface area contributed by atoms with Gasteiger partial charge in [0.1, 0.15) is 14.8 Å². The van der Waals surface area contributed by atoms with Crippen molar-refractivity contribution in [2.24, 2.45) is 0 Å². The third-order valence-electron chi connectivity index (χ3n) is 2.78. The summed E-state index contributed by atoms with van der Waals surface area (Å²) in [4.78, 5) is 32.3. The third kappa shape index (κ3) is 3.45. The van der Waals surface area contributed by atoms with Crippen LogP contribution in [0.2, 0.25) is 0 Å². The molecule has 2 heterocycles. The van der Waals surface area contributed by atoms with Gasteiger partial charge >= 0.3 is 5.97 Å². The highest BCUT2D eigenvalue weighted by Crippen LogP contribution is 2.22. The lowest BCUT2D eigenvalue weighted by molar-refractivity contribution is 0.0701. The second-order valence-corrected chi connectivity index (χ2v) is 6.67. The molecule has 0 aliphatic heterocycles. The molecule has 112 valence electrons. The van der Waals surface area contributed by atoms with Crippen LogP contribution in [0, 0.1) is 6.92 Å². The van der Waals surface area contributed by atoms with E-state index < -0.39 is 5.97 Å². The molecule has 2 aromatic rings. The Morgan fingerprint density at radius 2 is 2.10 bits per heavy atom. The first-order valence-electron chi connectivity index (χ1n) is 6.31. The maximum Gasteiger partial charge on any atom is 0.347 e. The Hall–Kier alpha value is -1.80. The topological polar surface area (TPSA) is 92.2 Å². The molecular weight excluding hydrogens is 310 g/mol. The molecule has 1 amide bonds. The van der Waals surface area contributed by atoms with Crippen LogP contribution in [0.4, 0.5) is 0 Å². The first kappa shape index (κ1) is 15.6. The summed E-state index contributed by atoms with van der Waals surface area (Å²) in [5.74, 6) is -1.02. The standard InChI is InChI=1S/C13H15N3O3S2/c1-6(2)9-11(20-5-15-9)12(17)14-4-8-16-7(3)10(21-8)13(18)19/h5-6H,4H2,1-3H3,(H,14,17)(H,18,19). The first-order valence-corrected chi connectivity index (χ1v) is 8.01. The maximum atomic E-state index is 12.1. The zero-order valence-electron chi connectivity index (χ0n) is 11.8. The second-order valence-electron chi connectivity index (χ2n) is 4.73. The van der Waals surface area contributed by atoms with Crippen LogP contribution in [0.1, 0.15) is 55.5 Å². The molecule has 21 heavy (non-hydrogen) atoms. The van der Waals surface area contributed by atoms with Gasteiger partial charge in [0.15, 0.2) is 0 Å². The zero-order valence-corrected chi connectivity index (χ0v) is 13.5. The number of carbonyl (C=O) groups excluding carboxylic acids is 1. The molecule has 2 rings (SSSR count). The van der Waals surface area contributed by atoms with Crippen molar-refractivity contribution in [2.45, 2.75) is 33.2 Å². The highest BCUT2D eigenvalue weighted by Gasteiger charge is 2.18. The minimum atomic E-state index is -0.993. The van der Waals surface area contributed by atoms with Gasteiger partial charge in [-0.15, -0.1) is 22.7 Å². The largest absolute Gasteiger partial charge is 0.477 e. The molecular formula is C13H15N3O3S2. The Kier molecular flexibility index (Phi) is 4.69. The number of aryl methyl sites for hydroxylation is 1. The average Bonchev–Trinajstić information content (AvgIpc) is 3.02. The van der Waals surface area contributed by atoms with Crippen molar-refractivity contribution in [3.8, 4) is 0 Å². The summed E-state index contributed by atoms with van der Waals surface area (Å²) >= 11 is 2.38. The number of hydrogen-bond acceptors (Lipinski definition) is 6. The lowest BCUT2D eigenvalue weighted by atomic mass is 10.1. The number of carboxylic acid groups (broad SMARTS) is 1. The first-order chi connectivity index (χ1) is 9.90. The van der Waals surface area contributed by atoms with Crippen LogP contribution in [-0.4, -0.2) is 27.0 Å². The van der Waals surface area contributed by atoms with E-state index in [1.54, 1.807) is 12.4 Å². The molecule has 0 radical (unpaired) electrons. The van der Waals surface area contributed by atoms with Crippen LogP contribution < -0.4 is 5.32 Å². The van der Waals surface area contributed by atoms with E-state index in [1.807, 2.05) is 13.8 Å². The summed E-state index contributed by atoms with van der Waals surface area (Å²) in [5.41, 5.74) is 2.90. The van der Waals surface area contributed by atoms with Gasteiger partial charge in [-0.3, -0.25) is 4.79 Å². The summed E-state index contributed by atoms with van der Waals surface area (Å²) in [5, 5.41) is 12.3. The molecule has 6 nitrogen and oxygen atoms in total. The predicted octanol–water partition coefficient (Wildman–Crippen LogP) is 2.66. The minimum absolute atomic E-state index is 0.178. The Morgan fingerprint density at radius 1 is 1.38 bits per heavy atom. The lowest BCUT2D eigenvalue weighted by Crippen LogP contribution is -2.23. The van der Waals surface area contributed by atoms with Gasteiger partial charge in [-0.25, -0.2) is 14.8 Å². The number of amides is 1. The fraction of sp³-hybridized carbons (Fsp3) is 0.385. The number of nitrogens with zero attached hydrogens (tertiary/aromatic N) is 2. The second kappa shape index (κ2) is 6.31. The van der Waals surface area contributed by atoms with Crippen LogP contribution in [0.15, 0.2) is 5.51 Å². The quantitative estimate of drug-likeness (QED) is 0.881. The minimum Gasteiger partial charge on any atom is -0.477 e. The SMILES string of the molecule is Cc1nc(CNC(=O)c2scnc2C(C)C)sc1C(=O)O. The highest BCUT2D eigenvalue weighted by atomic mass is 32.1.